The van der Waals surface area contributed by atoms with E-state index in [2.05, 4.69) is 21.4 Å². The molecule has 4 rings (SSSR count). The number of hydrogen-bond acceptors (Lipinski definition) is 8. The van der Waals surface area contributed by atoms with Crippen molar-refractivity contribution in [3.8, 4) is 23.1 Å². The van der Waals surface area contributed by atoms with E-state index in [0.717, 1.165) is 34.7 Å². The van der Waals surface area contributed by atoms with Gasteiger partial charge in [0.15, 0.2) is 0 Å². The van der Waals surface area contributed by atoms with Crippen molar-refractivity contribution in [2.45, 2.75) is 23.8 Å². The van der Waals surface area contributed by atoms with Crippen LogP contribution in [0, 0.1) is 11.3 Å². The van der Waals surface area contributed by atoms with Crippen molar-refractivity contribution in [2.75, 3.05) is 18.5 Å². The Bertz CT molecular complexity index is 1050. The third-order valence-electron chi connectivity index (χ3n) is 4.76. The summed E-state index contributed by atoms with van der Waals surface area (Å²) < 4.78 is 11.4. The molecule has 2 heterocycles. The van der Waals surface area contributed by atoms with Gasteiger partial charge in [-0.2, -0.15) is 5.26 Å². The summed E-state index contributed by atoms with van der Waals surface area (Å²) in [6, 6.07) is 17.3. The van der Waals surface area contributed by atoms with Gasteiger partial charge in [-0.25, -0.2) is 9.97 Å². The molecule has 8 heteroatoms. The quantitative estimate of drug-likeness (QED) is 0.570. The van der Waals surface area contributed by atoms with E-state index in [0.29, 0.717) is 30.5 Å². The molecular formula is C22H21N5O2S. The molecule has 0 saturated carbocycles. The van der Waals surface area contributed by atoms with E-state index >= 15 is 0 Å². The van der Waals surface area contributed by atoms with Gasteiger partial charge in [0.2, 0.25) is 5.95 Å². The lowest BCUT2D eigenvalue weighted by atomic mass is 10.1. The first kappa shape index (κ1) is 20.2. The van der Waals surface area contributed by atoms with Crippen LogP contribution in [0.25, 0.3) is 11.3 Å². The maximum atomic E-state index is 9.60. The number of nitrogens with zero attached hydrogens (tertiary/aromatic N) is 3. The van der Waals surface area contributed by atoms with Crippen LogP contribution in [0.5, 0.6) is 5.75 Å². The van der Waals surface area contributed by atoms with Crippen LogP contribution in [-0.2, 0) is 4.74 Å². The average molecular weight is 420 g/mol. The first-order chi connectivity index (χ1) is 14.7. The molecule has 30 heavy (non-hydrogen) atoms. The molecule has 0 atom stereocenters. The van der Waals surface area contributed by atoms with Gasteiger partial charge in [0, 0.05) is 35.2 Å². The summed E-state index contributed by atoms with van der Waals surface area (Å²) in [4.78, 5) is 9.84. The van der Waals surface area contributed by atoms with Crippen molar-refractivity contribution in [2.24, 2.45) is 5.14 Å². The van der Waals surface area contributed by atoms with E-state index in [9.17, 15) is 5.26 Å². The fraction of sp³-hybridized carbons (Fsp3) is 0.227. The zero-order chi connectivity index (χ0) is 20.8. The largest absolute Gasteiger partial charge is 0.489 e. The number of anilines is 2. The Morgan fingerprint density at radius 3 is 2.67 bits per heavy atom. The molecule has 1 aromatic heterocycles. The van der Waals surface area contributed by atoms with Gasteiger partial charge in [0.05, 0.1) is 24.5 Å². The summed E-state index contributed by atoms with van der Waals surface area (Å²) in [6.45, 7) is 1.38. The Balaban J connectivity index is 1.53. The second-order valence-electron chi connectivity index (χ2n) is 6.79. The van der Waals surface area contributed by atoms with Crippen LogP contribution in [0.4, 0.5) is 11.6 Å². The predicted molar refractivity (Wildman–Crippen MR) is 116 cm³/mol. The zero-order valence-electron chi connectivity index (χ0n) is 16.2. The molecule has 1 aliphatic rings. The lowest BCUT2D eigenvalue weighted by Gasteiger charge is -2.23. The Morgan fingerprint density at radius 1 is 1.13 bits per heavy atom. The van der Waals surface area contributed by atoms with Crippen LogP contribution in [0.1, 0.15) is 18.4 Å². The zero-order valence-corrected chi connectivity index (χ0v) is 17.1. The third-order valence-corrected chi connectivity index (χ3v) is 5.30. The molecule has 3 aromatic rings. The monoisotopic (exact) mass is 419 g/mol. The molecule has 0 aliphatic carbocycles. The van der Waals surface area contributed by atoms with Crippen LogP contribution in [0.3, 0.4) is 0 Å². The van der Waals surface area contributed by atoms with E-state index in [-0.39, 0.29) is 6.10 Å². The van der Waals surface area contributed by atoms with E-state index in [1.165, 1.54) is 11.9 Å². The Hall–Kier alpha value is -3.12. The molecule has 152 valence electrons. The van der Waals surface area contributed by atoms with Gasteiger partial charge in [0.25, 0.3) is 0 Å². The Labute approximate surface area is 179 Å². The number of nitrogens with two attached hydrogens (primary N) is 1. The summed E-state index contributed by atoms with van der Waals surface area (Å²) in [7, 11) is 0. The topological polar surface area (TPSA) is 106 Å². The second-order valence-corrected chi connectivity index (χ2v) is 7.49. The Kier molecular flexibility index (Phi) is 6.44. The summed E-state index contributed by atoms with van der Waals surface area (Å²) >= 11 is 1.20. The number of ether oxygens (including phenoxy) is 2. The third kappa shape index (κ3) is 4.89. The van der Waals surface area contributed by atoms with Gasteiger partial charge in [-0.3, -0.25) is 5.14 Å². The van der Waals surface area contributed by atoms with Gasteiger partial charge in [-0.15, -0.1) is 0 Å². The maximum Gasteiger partial charge on any atom is 0.227 e. The van der Waals surface area contributed by atoms with Gasteiger partial charge in [0.1, 0.15) is 17.9 Å². The van der Waals surface area contributed by atoms with E-state index in [1.54, 1.807) is 12.3 Å². The SMILES string of the molecule is N#Cc1cc(-c2ccnc(Nc3ccc(SN)cc3)n2)ccc1OC1CCOCC1. The van der Waals surface area contributed by atoms with Gasteiger partial charge in [-0.1, -0.05) is 0 Å². The fourth-order valence-corrected chi connectivity index (χ4v) is 3.47. The minimum absolute atomic E-state index is 0.0793. The lowest BCUT2D eigenvalue weighted by molar-refractivity contribution is 0.0254. The van der Waals surface area contributed by atoms with Crippen molar-refractivity contribution in [3.05, 3.63) is 60.3 Å². The lowest BCUT2D eigenvalue weighted by Crippen LogP contribution is -2.26. The highest BCUT2D eigenvalue weighted by molar-refractivity contribution is 7.97. The highest BCUT2D eigenvalue weighted by atomic mass is 32.2. The van der Waals surface area contributed by atoms with Crippen LogP contribution in [0.2, 0.25) is 0 Å². The van der Waals surface area contributed by atoms with Gasteiger partial charge < -0.3 is 14.8 Å². The molecule has 0 bridgehead atoms. The summed E-state index contributed by atoms with van der Waals surface area (Å²) in [6.07, 6.45) is 3.43. The van der Waals surface area contributed by atoms with Crippen molar-refractivity contribution in [1.29, 1.82) is 5.26 Å². The minimum atomic E-state index is 0.0793. The van der Waals surface area contributed by atoms with Crippen molar-refractivity contribution < 1.29 is 9.47 Å². The molecule has 3 N–H and O–H groups in total. The first-order valence-electron chi connectivity index (χ1n) is 9.61. The van der Waals surface area contributed by atoms with E-state index in [1.807, 2.05) is 42.5 Å². The van der Waals surface area contributed by atoms with Gasteiger partial charge in [-0.05, 0) is 60.5 Å². The van der Waals surface area contributed by atoms with Crippen molar-refractivity contribution >= 4 is 23.6 Å². The summed E-state index contributed by atoms with van der Waals surface area (Å²) in [5, 5.41) is 18.3. The number of aromatic nitrogens is 2. The van der Waals surface area contributed by atoms with Gasteiger partial charge >= 0.3 is 0 Å². The number of benzene rings is 2. The maximum absolute atomic E-state index is 9.60. The van der Waals surface area contributed by atoms with Crippen LogP contribution < -0.4 is 15.2 Å². The van der Waals surface area contributed by atoms with Crippen molar-refractivity contribution in [1.82, 2.24) is 9.97 Å². The fourth-order valence-electron chi connectivity index (χ4n) is 3.18. The molecule has 1 saturated heterocycles. The highest BCUT2D eigenvalue weighted by Gasteiger charge is 2.17. The standard InChI is InChI=1S/C22H21N5O2S/c23-14-16-13-15(1-6-21(16)29-18-8-11-28-12-9-18)20-7-10-25-22(27-20)26-17-2-4-19(30-24)5-3-17/h1-7,10,13,18H,8-9,11-12,24H2,(H,25,26,27). The van der Waals surface area contributed by atoms with Crippen LogP contribution in [0.15, 0.2) is 59.6 Å². The number of hydrogen-bond donors (Lipinski definition) is 2. The van der Waals surface area contributed by atoms with Crippen LogP contribution in [-0.4, -0.2) is 29.3 Å². The molecule has 7 nitrogen and oxygen atoms in total. The van der Waals surface area contributed by atoms with Crippen LogP contribution >= 0.6 is 11.9 Å². The number of nitriles is 1. The molecule has 0 amide bonds. The molecule has 2 aromatic carbocycles. The number of nitrogens with one attached hydrogen (secondary N) is 1. The minimum Gasteiger partial charge on any atom is -0.489 e. The summed E-state index contributed by atoms with van der Waals surface area (Å²) in [5.41, 5.74) is 2.90. The molecule has 0 spiro atoms. The number of rotatable bonds is 6. The molecule has 0 radical (unpaired) electrons. The normalized spacial score (nSPS) is 14.1. The smallest absolute Gasteiger partial charge is 0.227 e. The molecular weight excluding hydrogens is 398 g/mol. The summed E-state index contributed by atoms with van der Waals surface area (Å²) in [5.74, 6) is 1.07. The molecule has 1 fully saturated rings. The van der Waals surface area contributed by atoms with E-state index < -0.39 is 0 Å². The first-order valence-corrected chi connectivity index (χ1v) is 10.5. The second kappa shape index (κ2) is 9.59. The Morgan fingerprint density at radius 2 is 1.93 bits per heavy atom. The highest BCUT2D eigenvalue weighted by Crippen LogP contribution is 2.28. The molecule has 1 aliphatic heterocycles. The van der Waals surface area contributed by atoms with E-state index in [4.69, 9.17) is 14.6 Å². The average Bonchev–Trinajstić information content (AvgIpc) is 2.81. The van der Waals surface area contributed by atoms with Crippen molar-refractivity contribution in [3.63, 3.8) is 0 Å². The predicted octanol–water partition coefficient (Wildman–Crippen LogP) is 4.28. The molecule has 0 unspecified atom stereocenters.